The molecule has 2 atom stereocenters. The number of unbranched alkanes of at least 4 members (excludes halogenated alkanes) is 1. The van der Waals surface area contributed by atoms with Crippen molar-refractivity contribution in [2.75, 3.05) is 13.7 Å². The molecular weight excluding hydrogens is 206 g/mol. The van der Waals surface area contributed by atoms with Gasteiger partial charge in [-0.25, -0.2) is 0 Å². The molecule has 2 unspecified atom stereocenters. The number of ether oxygens (including phenoxy) is 1. The molecule has 0 bridgehead atoms. The third-order valence-electron chi connectivity index (χ3n) is 3.61. The molecule has 0 spiro atoms. The molecule has 1 saturated carbocycles. The van der Waals surface area contributed by atoms with Gasteiger partial charge in [0.15, 0.2) is 0 Å². The van der Waals surface area contributed by atoms with Crippen LogP contribution in [0.15, 0.2) is 0 Å². The third kappa shape index (κ3) is 2.95. The smallest absolute Gasteiger partial charge is 0.220 e. The predicted octanol–water partition coefficient (Wildman–Crippen LogP) is 1.08. The van der Waals surface area contributed by atoms with Gasteiger partial charge in [0, 0.05) is 31.6 Å². The summed E-state index contributed by atoms with van der Waals surface area (Å²) >= 11 is 0. The van der Waals surface area contributed by atoms with E-state index in [1.54, 1.807) is 7.11 Å². The monoisotopic (exact) mass is 229 g/mol. The van der Waals surface area contributed by atoms with Gasteiger partial charge >= 0.3 is 0 Å². The fraction of sp³-hybridized carbons (Fsp3) is 0.917. The van der Waals surface area contributed by atoms with Crippen molar-refractivity contribution in [1.29, 1.82) is 0 Å². The van der Waals surface area contributed by atoms with Crippen molar-refractivity contribution in [2.45, 2.75) is 51.7 Å². The first kappa shape index (κ1) is 13.5. The van der Waals surface area contributed by atoms with Crippen LogP contribution < -0.4 is 5.32 Å². The average molecular weight is 229 g/mol. The lowest BCUT2D eigenvalue weighted by Gasteiger charge is -2.51. The first-order valence-electron chi connectivity index (χ1n) is 5.95. The van der Waals surface area contributed by atoms with Gasteiger partial charge in [0.25, 0.3) is 0 Å². The van der Waals surface area contributed by atoms with Crippen LogP contribution in [0.25, 0.3) is 0 Å². The van der Waals surface area contributed by atoms with Crippen LogP contribution in [0.2, 0.25) is 0 Å². The molecule has 0 aromatic rings. The molecule has 0 aliphatic heterocycles. The summed E-state index contributed by atoms with van der Waals surface area (Å²) in [5.41, 5.74) is 0.0292. The summed E-state index contributed by atoms with van der Waals surface area (Å²) < 4.78 is 5.33. The van der Waals surface area contributed by atoms with Gasteiger partial charge in [-0.1, -0.05) is 13.8 Å². The molecule has 94 valence electrons. The highest BCUT2D eigenvalue weighted by atomic mass is 16.5. The van der Waals surface area contributed by atoms with Gasteiger partial charge in [-0.3, -0.25) is 4.79 Å². The van der Waals surface area contributed by atoms with Gasteiger partial charge in [-0.2, -0.15) is 0 Å². The molecule has 4 heteroatoms. The van der Waals surface area contributed by atoms with E-state index in [1.165, 1.54) is 0 Å². The SMILES string of the molecule is COC1CC(NC(=O)CCCCO)C1(C)C. The van der Waals surface area contributed by atoms with Crippen LogP contribution in [0, 0.1) is 5.41 Å². The van der Waals surface area contributed by atoms with E-state index < -0.39 is 0 Å². The van der Waals surface area contributed by atoms with Gasteiger partial charge in [-0.05, 0) is 19.3 Å². The first-order chi connectivity index (χ1) is 7.52. The lowest BCUT2D eigenvalue weighted by atomic mass is 9.64. The summed E-state index contributed by atoms with van der Waals surface area (Å²) in [5.74, 6) is 0.0843. The molecule has 1 aliphatic rings. The number of hydrogen-bond donors (Lipinski definition) is 2. The van der Waals surface area contributed by atoms with Crippen molar-refractivity contribution >= 4 is 5.91 Å². The summed E-state index contributed by atoms with van der Waals surface area (Å²) in [6, 6.07) is 0.221. The zero-order valence-corrected chi connectivity index (χ0v) is 10.5. The maximum absolute atomic E-state index is 11.6. The number of carbonyl (C=O) groups is 1. The van der Waals surface area contributed by atoms with Crippen molar-refractivity contribution in [3.63, 3.8) is 0 Å². The Morgan fingerprint density at radius 2 is 2.19 bits per heavy atom. The molecule has 16 heavy (non-hydrogen) atoms. The van der Waals surface area contributed by atoms with Crippen molar-refractivity contribution in [3.05, 3.63) is 0 Å². The van der Waals surface area contributed by atoms with Crippen LogP contribution >= 0.6 is 0 Å². The summed E-state index contributed by atoms with van der Waals surface area (Å²) in [5, 5.41) is 11.6. The summed E-state index contributed by atoms with van der Waals surface area (Å²) in [6.45, 7) is 4.39. The van der Waals surface area contributed by atoms with E-state index in [0.717, 1.165) is 12.8 Å². The van der Waals surface area contributed by atoms with E-state index in [9.17, 15) is 4.79 Å². The molecule has 0 aromatic heterocycles. The molecule has 4 nitrogen and oxygen atoms in total. The van der Waals surface area contributed by atoms with Gasteiger partial charge < -0.3 is 15.2 Å². The number of carbonyl (C=O) groups excluding carboxylic acids is 1. The quantitative estimate of drug-likeness (QED) is 0.670. The highest BCUT2D eigenvalue weighted by Gasteiger charge is 2.49. The van der Waals surface area contributed by atoms with E-state index in [0.29, 0.717) is 12.8 Å². The Bertz CT molecular complexity index is 240. The second-order valence-corrected chi connectivity index (χ2v) is 5.08. The van der Waals surface area contributed by atoms with E-state index in [4.69, 9.17) is 9.84 Å². The minimum Gasteiger partial charge on any atom is -0.396 e. The number of aliphatic hydroxyl groups is 1. The van der Waals surface area contributed by atoms with Crippen LogP contribution in [0.3, 0.4) is 0 Å². The largest absolute Gasteiger partial charge is 0.396 e. The summed E-state index contributed by atoms with van der Waals surface area (Å²) in [4.78, 5) is 11.6. The molecule has 0 saturated heterocycles. The van der Waals surface area contributed by atoms with Gasteiger partial charge in [0.05, 0.1) is 6.10 Å². The van der Waals surface area contributed by atoms with Gasteiger partial charge in [0.2, 0.25) is 5.91 Å². The lowest BCUT2D eigenvalue weighted by molar-refractivity contribution is -0.132. The Morgan fingerprint density at radius 3 is 2.69 bits per heavy atom. The predicted molar refractivity (Wildman–Crippen MR) is 62.1 cm³/mol. The standard InChI is InChI=1S/C12H23NO3/c1-12(2)9(8-10(12)16-3)13-11(15)6-4-5-7-14/h9-10,14H,4-8H2,1-3H3,(H,13,15). The number of methoxy groups -OCH3 is 1. The average Bonchev–Trinajstić information content (AvgIpc) is 2.24. The highest BCUT2D eigenvalue weighted by Crippen LogP contribution is 2.42. The molecule has 0 aromatic carbocycles. The summed E-state index contributed by atoms with van der Waals surface area (Å²) in [6.07, 6.45) is 3.10. The number of aliphatic hydroxyl groups excluding tert-OH is 1. The number of hydrogen-bond acceptors (Lipinski definition) is 3. The lowest BCUT2D eigenvalue weighted by Crippen LogP contribution is -2.61. The molecule has 1 aliphatic carbocycles. The van der Waals surface area contributed by atoms with Gasteiger partial charge in [-0.15, -0.1) is 0 Å². The fourth-order valence-electron chi connectivity index (χ4n) is 2.19. The Kier molecular flexibility index (Phi) is 4.74. The second-order valence-electron chi connectivity index (χ2n) is 5.08. The van der Waals surface area contributed by atoms with Crippen LogP contribution in [0.1, 0.15) is 39.5 Å². The maximum Gasteiger partial charge on any atom is 0.220 e. The minimum atomic E-state index is 0.0292. The normalized spacial score (nSPS) is 27.2. The van der Waals surface area contributed by atoms with E-state index >= 15 is 0 Å². The Morgan fingerprint density at radius 1 is 1.50 bits per heavy atom. The van der Waals surface area contributed by atoms with Crippen molar-refractivity contribution in [2.24, 2.45) is 5.41 Å². The van der Waals surface area contributed by atoms with Crippen LogP contribution in [0.5, 0.6) is 0 Å². The van der Waals surface area contributed by atoms with Crippen molar-refractivity contribution in [1.82, 2.24) is 5.32 Å². The summed E-state index contributed by atoms with van der Waals surface area (Å²) in [7, 11) is 1.71. The molecular formula is C12H23NO3. The third-order valence-corrected chi connectivity index (χ3v) is 3.61. The highest BCUT2D eigenvalue weighted by molar-refractivity contribution is 5.76. The molecule has 1 fully saturated rings. The van der Waals surface area contributed by atoms with Crippen LogP contribution in [-0.2, 0) is 9.53 Å². The minimum absolute atomic E-state index is 0.0292. The second kappa shape index (κ2) is 5.64. The van der Waals surface area contributed by atoms with Crippen molar-refractivity contribution in [3.8, 4) is 0 Å². The maximum atomic E-state index is 11.6. The number of nitrogens with one attached hydrogen (secondary N) is 1. The molecule has 1 amide bonds. The zero-order valence-electron chi connectivity index (χ0n) is 10.5. The van der Waals surface area contributed by atoms with E-state index in [1.807, 2.05) is 0 Å². The molecule has 0 heterocycles. The molecule has 2 N–H and O–H groups in total. The Labute approximate surface area is 97.4 Å². The van der Waals surface area contributed by atoms with Crippen LogP contribution in [0.4, 0.5) is 0 Å². The Balaban J connectivity index is 2.26. The fourth-order valence-corrected chi connectivity index (χ4v) is 2.19. The zero-order chi connectivity index (χ0) is 12.2. The number of amides is 1. The van der Waals surface area contributed by atoms with E-state index in [2.05, 4.69) is 19.2 Å². The topological polar surface area (TPSA) is 58.6 Å². The van der Waals surface area contributed by atoms with Crippen molar-refractivity contribution < 1.29 is 14.6 Å². The first-order valence-corrected chi connectivity index (χ1v) is 5.95. The van der Waals surface area contributed by atoms with Crippen LogP contribution in [-0.4, -0.2) is 36.9 Å². The molecule has 1 rings (SSSR count). The Hall–Kier alpha value is -0.610. The van der Waals surface area contributed by atoms with E-state index in [-0.39, 0.29) is 30.1 Å². The number of rotatable bonds is 6. The van der Waals surface area contributed by atoms with Gasteiger partial charge in [0.1, 0.15) is 0 Å². The molecule has 0 radical (unpaired) electrons.